The summed E-state index contributed by atoms with van der Waals surface area (Å²) in [6.07, 6.45) is 2.10. The molecular formula is C20H26N2O4. The van der Waals surface area contributed by atoms with Gasteiger partial charge in [0.2, 0.25) is 0 Å². The van der Waals surface area contributed by atoms with Crippen molar-refractivity contribution in [2.45, 2.75) is 39.3 Å². The summed E-state index contributed by atoms with van der Waals surface area (Å²) in [5.41, 5.74) is 2.19. The van der Waals surface area contributed by atoms with E-state index in [1.165, 1.54) is 12.1 Å². The van der Waals surface area contributed by atoms with Gasteiger partial charge in [0.05, 0.1) is 18.6 Å². The largest absolute Gasteiger partial charge is 0.493 e. The van der Waals surface area contributed by atoms with Crippen molar-refractivity contribution in [2.75, 3.05) is 13.7 Å². The van der Waals surface area contributed by atoms with Crippen molar-refractivity contribution in [2.24, 2.45) is 0 Å². The highest BCUT2D eigenvalue weighted by Gasteiger charge is 2.11. The number of nitrogens with one attached hydrogen (secondary N) is 1. The molecule has 0 radical (unpaired) electrons. The van der Waals surface area contributed by atoms with Crippen LogP contribution < -0.4 is 14.8 Å². The van der Waals surface area contributed by atoms with Crippen molar-refractivity contribution in [3.05, 3.63) is 63.7 Å². The quantitative estimate of drug-likeness (QED) is 0.381. The Bertz CT molecular complexity index is 716. The molecule has 0 aliphatic rings. The summed E-state index contributed by atoms with van der Waals surface area (Å²) in [5.74, 6) is 1.48. The van der Waals surface area contributed by atoms with Gasteiger partial charge in [-0.25, -0.2) is 0 Å². The van der Waals surface area contributed by atoms with E-state index in [2.05, 4.69) is 19.2 Å². The molecule has 0 bridgehead atoms. The van der Waals surface area contributed by atoms with Crippen molar-refractivity contribution >= 4 is 5.69 Å². The van der Waals surface area contributed by atoms with Gasteiger partial charge in [-0.15, -0.1) is 0 Å². The fourth-order valence-electron chi connectivity index (χ4n) is 2.52. The molecule has 1 unspecified atom stereocenters. The maximum atomic E-state index is 10.7. The number of unbranched alkanes of at least 4 members (excludes halogenated alkanes) is 1. The van der Waals surface area contributed by atoms with Crippen molar-refractivity contribution in [1.82, 2.24) is 5.32 Å². The molecule has 0 saturated heterocycles. The number of nitrogens with zero attached hydrogens (tertiary/aromatic N) is 1. The minimum absolute atomic E-state index is 0.101. The molecule has 0 fully saturated rings. The summed E-state index contributed by atoms with van der Waals surface area (Å²) >= 11 is 0. The maximum Gasteiger partial charge on any atom is 0.269 e. The summed E-state index contributed by atoms with van der Waals surface area (Å²) in [4.78, 5) is 10.3. The number of nitro benzene ring substituents is 1. The van der Waals surface area contributed by atoms with Crippen LogP contribution in [0.4, 0.5) is 5.69 Å². The van der Waals surface area contributed by atoms with Crippen molar-refractivity contribution in [3.63, 3.8) is 0 Å². The summed E-state index contributed by atoms with van der Waals surface area (Å²) in [5, 5.41) is 14.1. The van der Waals surface area contributed by atoms with Gasteiger partial charge in [-0.1, -0.05) is 31.5 Å². The molecule has 0 aliphatic carbocycles. The number of nitro groups is 1. The molecule has 2 rings (SSSR count). The summed E-state index contributed by atoms with van der Waals surface area (Å²) in [6.45, 7) is 5.50. The Hall–Kier alpha value is -2.60. The van der Waals surface area contributed by atoms with Crippen LogP contribution in [0.5, 0.6) is 11.5 Å². The molecule has 0 aliphatic heterocycles. The van der Waals surface area contributed by atoms with Crippen LogP contribution in [0.25, 0.3) is 0 Å². The second kappa shape index (κ2) is 9.77. The first-order chi connectivity index (χ1) is 12.5. The monoisotopic (exact) mass is 358 g/mol. The van der Waals surface area contributed by atoms with Gasteiger partial charge in [0.25, 0.3) is 5.69 Å². The van der Waals surface area contributed by atoms with Crippen LogP contribution in [-0.2, 0) is 6.54 Å². The predicted octanol–water partition coefficient (Wildman–Crippen LogP) is 4.63. The van der Waals surface area contributed by atoms with E-state index in [-0.39, 0.29) is 11.7 Å². The van der Waals surface area contributed by atoms with Crippen molar-refractivity contribution in [1.29, 1.82) is 0 Å². The highest BCUT2D eigenvalue weighted by atomic mass is 16.6. The maximum absolute atomic E-state index is 10.7. The third-order valence-electron chi connectivity index (χ3n) is 4.20. The van der Waals surface area contributed by atoms with Gasteiger partial charge in [-0.3, -0.25) is 10.1 Å². The molecule has 0 amide bonds. The molecule has 0 saturated carbocycles. The van der Waals surface area contributed by atoms with Gasteiger partial charge in [-0.2, -0.15) is 0 Å². The Labute approximate surface area is 154 Å². The average Bonchev–Trinajstić information content (AvgIpc) is 2.66. The average molecular weight is 358 g/mol. The number of non-ortho nitro benzene ring substituents is 1. The lowest BCUT2D eigenvalue weighted by Crippen LogP contribution is -2.18. The van der Waals surface area contributed by atoms with E-state index >= 15 is 0 Å². The molecule has 0 heterocycles. The third kappa shape index (κ3) is 5.46. The summed E-state index contributed by atoms with van der Waals surface area (Å²) in [6, 6.07) is 12.6. The number of hydrogen-bond donors (Lipinski definition) is 1. The third-order valence-corrected chi connectivity index (χ3v) is 4.20. The first-order valence-corrected chi connectivity index (χ1v) is 8.82. The highest BCUT2D eigenvalue weighted by Crippen LogP contribution is 2.30. The van der Waals surface area contributed by atoms with Crippen LogP contribution >= 0.6 is 0 Å². The van der Waals surface area contributed by atoms with Gasteiger partial charge < -0.3 is 14.8 Å². The fourth-order valence-corrected chi connectivity index (χ4v) is 2.52. The zero-order chi connectivity index (χ0) is 18.9. The minimum Gasteiger partial charge on any atom is -0.493 e. The summed E-state index contributed by atoms with van der Waals surface area (Å²) in [7, 11) is 1.64. The normalized spacial score (nSPS) is 11.8. The Morgan fingerprint density at radius 1 is 1.15 bits per heavy atom. The van der Waals surface area contributed by atoms with E-state index in [4.69, 9.17) is 9.47 Å². The standard InChI is InChI=1S/C20H26N2O4/c1-4-5-12-26-19-11-8-17(13-20(19)25-3)15(2)21-14-16-6-9-18(10-7-16)22(23)24/h6-11,13,15,21H,4-5,12,14H2,1-3H3. The first kappa shape index (κ1) is 19.7. The molecule has 6 heteroatoms. The molecule has 1 N–H and O–H groups in total. The molecule has 2 aromatic carbocycles. The van der Waals surface area contributed by atoms with Crippen LogP contribution in [0.15, 0.2) is 42.5 Å². The van der Waals surface area contributed by atoms with Gasteiger partial charge in [0, 0.05) is 24.7 Å². The van der Waals surface area contributed by atoms with E-state index in [1.807, 2.05) is 18.2 Å². The number of ether oxygens (including phenoxy) is 2. The Kier molecular flexibility index (Phi) is 7.41. The van der Waals surface area contributed by atoms with E-state index in [0.717, 1.165) is 35.5 Å². The van der Waals surface area contributed by atoms with Crippen LogP contribution in [-0.4, -0.2) is 18.6 Å². The number of rotatable bonds is 10. The van der Waals surface area contributed by atoms with Gasteiger partial charge >= 0.3 is 0 Å². The molecule has 2 aromatic rings. The predicted molar refractivity (Wildman–Crippen MR) is 102 cm³/mol. The SMILES string of the molecule is CCCCOc1ccc(C(C)NCc2ccc([N+](=O)[O-])cc2)cc1OC. The Morgan fingerprint density at radius 2 is 1.88 bits per heavy atom. The zero-order valence-electron chi connectivity index (χ0n) is 15.5. The van der Waals surface area contributed by atoms with Gasteiger partial charge in [0.15, 0.2) is 11.5 Å². The second-order valence-electron chi connectivity index (χ2n) is 6.14. The lowest BCUT2D eigenvalue weighted by Gasteiger charge is -2.17. The van der Waals surface area contributed by atoms with E-state index in [0.29, 0.717) is 13.2 Å². The molecule has 26 heavy (non-hydrogen) atoms. The lowest BCUT2D eigenvalue weighted by atomic mass is 10.1. The molecule has 0 aromatic heterocycles. The smallest absolute Gasteiger partial charge is 0.269 e. The first-order valence-electron chi connectivity index (χ1n) is 8.82. The van der Waals surface area contributed by atoms with Crippen LogP contribution in [0.3, 0.4) is 0 Å². The van der Waals surface area contributed by atoms with E-state index in [1.54, 1.807) is 19.2 Å². The van der Waals surface area contributed by atoms with Crippen molar-refractivity contribution < 1.29 is 14.4 Å². The zero-order valence-corrected chi connectivity index (χ0v) is 15.5. The number of hydrogen-bond acceptors (Lipinski definition) is 5. The van der Waals surface area contributed by atoms with Crippen molar-refractivity contribution in [3.8, 4) is 11.5 Å². The van der Waals surface area contributed by atoms with E-state index in [9.17, 15) is 10.1 Å². The highest BCUT2D eigenvalue weighted by molar-refractivity contribution is 5.43. The fraction of sp³-hybridized carbons (Fsp3) is 0.400. The minimum atomic E-state index is -0.393. The molecule has 140 valence electrons. The lowest BCUT2D eigenvalue weighted by molar-refractivity contribution is -0.384. The second-order valence-corrected chi connectivity index (χ2v) is 6.14. The molecule has 6 nitrogen and oxygen atoms in total. The van der Waals surface area contributed by atoms with Crippen LogP contribution in [0.1, 0.15) is 43.9 Å². The molecular weight excluding hydrogens is 332 g/mol. The van der Waals surface area contributed by atoms with E-state index < -0.39 is 4.92 Å². The topological polar surface area (TPSA) is 73.6 Å². The van der Waals surface area contributed by atoms with Gasteiger partial charge in [0.1, 0.15) is 0 Å². The van der Waals surface area contributed by atoms with Crippen LogP contribution in [0.2, 0.25) is 0 Å². The summed E-state index contributed by atoms with van der Waals surface area (Å²) < 4.78 is 11.2. The van der Waals surface area contributed by atoms with Crippen LogP contribution in [0, 0.1) is 10.1 Å². The number of methoxy groups -OCH3 is 1. The Morgan fingerprint density at radius 3 is 2.50 bits per heavy atom. The molecule has 0 spiro atoms. The Balaban J connectivity index is 1.97. The van der Waals surface area contributed by atoms with Gasteiger partial charge in [-0.05, 0) is 36.6 Å². The molecule has 1 atom stereocenters. The number of benzene rings is 2.